The molecule has 0 bridgehead atoms. The van der Waals surface area contributed by atoms with Gasteiger partial charge in [0.2, 0.25) is 15.9 Å². The van der Waals surface area contributed by atoms with Gasteiger partial charge >= 0.3 is 0 Å². The Kier molecular flexibility index (Phi) is 6.60. The van der Waals surface area contributed by atoms with Crippen molar-refractivity contribution in [2.45, 2.75) is 38.3 Å². The zero-order valence-electron chi connectivity index (χ0n) is 16.6. The van der Waals surface area contributed by atoms with Gasteiger partial charge in [-0.1, -0.05) is 19.9 Å². The molecule has 1 amide bonds. The molecule has 0 saturated carbocycles. The van der Waals surface area contributed by atoms with E-state index in [-0.39, 0.29) is 17.2 Å². The van der Waals surface area contributed by atoms with Gasteiger partial charge in [0.1, 0.15) is 0 Å². The van der Waals surface area contributed by atoms with Gasteiger partial charge in [-0.15, -0.1) is 0 Å². The van der Waals surface area contributed by atoms with E-state index in [9.17, 15) is 13.2 Å². The van der Waals surface area contributed by atoms with Crippen molar-refractivity contribution in [2.24, 2.45) is 0 Å². The average molecular weight is 416 g/mol. The SMILES string of the molecule is CCN(CC)S(=O)(=O)c1ccc2c(c1)ncn2CCC(=O)NCc1ccccn1. The van der Waals surface area contributed by atoms with Crippen molar-refractivity contribution in [2.75, 3.05) is 13.1 Å². The fraction of sp³-hybridized carbons (Fsp3) is 0.350. The average Bonchev–Trinajstić information content (AvgIpc) is 3.14. The van der Waals surface area contributed by atoms with Crippen LogP contribution in [0.1, 0.15) is 26.0 Å². The molecular weight excluding hydrogens is 390 g/mol. The smallest absolute Gasteiger partial charge is 0.243 e. The minimum absolute atomic E-state index is 0.0850. The van der Waals surface area contributed by atoms with Crippen LogP contribution in [0.2, 0.25) is 0 Å². The van der Waals surface area contributed by atoms with Crippen molar-refractivity contribution in [1.29, 1.82) is 0 Å². The first-order valence-corrected chi connectivity index (χ1v) is 11.0. The predicted octanol–water partition coefficient (Wildman–Crippen LogP) is 2.17. The molecule has 0 radical (unpaired) electrons. The number of sulfonamides is 1. The Bertz CT molecular complexity index is 1080. The molecule has 9 heteroatoms. The molecule has 0 aliphatic heterocycles. The predicted molar refractivity (Wildman–Crippen MR) is 111 cm³/mol. The van der Waals surface area contributed by atoms with Crippen LogP contribution < -0.4 is 5.32 Å². The lowest BCUT2D eigenvalue weighted by Gasteiger charge is -2.18. The molecule has 0 aliphatic rings. The molecule has 0 atom stereocenters. The van der Waals surface area contributed by atoms with Crippen LogP contribution >= 0.6 is 0 Å². The highest BCUT2D eigenvalue weighted by molar-refractivity contribution is 7.89. The van der Waals surface area contributed by atoms with Crippen molar-refractivity contribution in [3.05, 3.63) is 54.6 Å². The van der Waals surface area contributed by atoms with Gasteiger partial charge in [-0.3, -0.25) is 9.78 Å². The lowest BCUT2D eigenvalue weighted by Crippen LogP contribution is -2.30. The molecule has 0 fully saturated rings. The maximum Gasteiger partial charge on any atom is 0.243 e. The van der Waals surface area contributed by atoms with E-state index in [0.29, 0.717) is 31.7 Å². The third kappa shape index (κ3) is 4.80. The molecule has 8 nitrogen and oxygen atoms in total. The summed E-state index contributed by atoms with van der Waals surface area (Å²) in [6.07, 6.45) is 3.61. The number of aryl methyl sites for hydroxylation is 1. The number of rotatable bonds is 9. The molecule has 0 aliphatic carbocycles. The largest absolute Gasteiger partial charge is 0.350 e. The van der Waals surface area contributed by atoms with Crippen LogP contribution in [0.3, 0.4) is 0 Å². The number of carbonyl (C=O) groups excluding carboxylic acids is 1. The van der Waals surface area contributed by atoms with Gasteiger partial charge < -0.3 is 9.88 Å². The summed E-state index contributed by atoms with van der Waals surface area (Å²) in [5, 5.41) is 2.84. The standard InChI is InChI=1S/C20H25N5O3S/c1-3-25(4-2)29(27,28)17-8-9-19-18(13-17)23-15-24(19)12-10-20(26)22-14-16-7-5-6-11-21-16/h5-9,11,13,15H,3-4,10,12,14H2,1-2H3,(H,22,26). The monoisotopic (exact) mass is 415 g/mol. The number of aromatic nitrogens is 3. The van der Waals surface area contributed by atoms with E-state index in [4.69, 9.17) is 0 Å². The molecule has 0 unspecified atom stereocenters. The Hall–Kier alpha value is -2.78. The van der Waals surface area contributed by atoms with E-state index in [1.54, 1.807) is 30.7 Å². The first-order chi connectivity index (χ1) is 14.0. The quantitative estimate of drug-likeness (QED) is 0.578. The Labute approximate surface area is 170 Å². The second-order valence-electron chi connectivity index (χ2n) is 6.53. The van der Waals surface area contributed by atoms with E-state index in [0.717, 1.165) is 11.2 Å². The van der Waals surface area contributed by atoms with Crippen LogP contribution in [-0.4, -0.2) is 46.3 Å². The number of pyridine rings is 1. The molecular formula is C20H25N5O3S. The molecule has 2 heterocycles. The number of fused-ring (bicyclic) bond motifs is 1. The number of nitrogens with zero attached hydrogens (tertiary/aromatic N) is 4. The molecule has 0 saturated heterocycles. The summed E-state index contributed by atoms with van der Waals surface area (Å²) in [6.45, 7) is 5.29. The number of hydrogen-bond acceptors (Lipinski definition) is 5. The molecule has 2 aromatic heterocycles. The fourth-order valence-electron chi connectivity index (χ4n) is 3.10. The lowest BCUT2D eigenvalue weighted by molar-refractivity contribution is -0.121. The maximum absolute atomic E-state index is 12.7. The summed E-state index contributed by atoms with van der Waals surface area (Å²) in [7, 11) is -3.53. The van der Waals surface area contributed by atoms with Crippen molar-refractivity contribution in [1.82, 2.24) is 24.2 Å². The minimum Gasteiger partial charge on any atom is -0.350 e. The second kappa shape index (κ2) is 9.15. The minimum atomic E-state index is -3.53. The lowest BCUT2D eigenvalue weighted by atomic mass is 10.3. The van der Waals surface area contributed by atoms with Gasteiger partial charge in [0.15, 0.2) is 0 Å². The first kappa shape index (κ1) is 20.9. The highest BCUT2D eigenvalue weighted by Crippen LogP contribution is 2.21. The number of carbonyl (C=O) groups is 1. The third-order valence-electron chi connectivity index (χ3n) is 4.71. The van der Waals surface area contributed by atoms with Crippen LogP contribution in [-0.2, 0) is 27.9 Å². The van der Waals surface area contributed by atoms with E-state index in [1.165, 1.54) is 4.31 Å². The van der Waals surface area contributed by atoms with Crippen LogP contribution in [0.15, 0.2) is 53.8 Å². The fourth-order valence-corrected chi connectivity index (χ4v) is 4.58. The normalized spacial score (nSPS) is 11.8. The number of hydrogen-bond donors (Lipinski definition) is 1. The number of benzene rings is 1. The molecule has 0 spiro atoms. The zero-order chi connectivity index (χ0) is 20.9. The molecule has 1 aromatic carbocycles. The maximum atomic E-state index is 12.7. The summed E-state index contributed by atoms with van der Waals surface area (Å²) in [4.78, 5) is 20.8. The summed E-state index contributed by atoms with van der Waals surface area (Å²) >= 11 is 0. The van der Waals surface area contributed by atoms with Gasteiger partial charge in [0.05, 0.1) is 34.5 Å². The molecule has 3 aromatic rings. The molecule has 1 N–H and O–H groups in total. The Morgan fingerprint density at radius 2 is 1.93 bits per heavy atom. The van der Waals surface area contributed by atoms with Crippen LogP contribution in [0, 0.1) is 0 Å². The van der Waals surface area contributed by atoms with Gasteiger partial charge in [-0.05, 0) is 30.3 Å². The Morgan fingerprint density at radius 1 is 1.14 bits per heavy atom. The molecule has 29 heavy (non-hydrogen) atoms. The number of nitrogens with one attached hydrogen (secondary N) is 1. The van der Waals surface area contributed by atoms with Crippen LogP contribution in [0.4, 0.5) is 0 Å². The Balaban J connectivity index is 1.66. The van der Waals surface area contributed by atoms with Crippen molar-refractivity contribution in [3.63, 3.8) is 0 Å². The first-order valence-electron chi connectivity index (χ1n) is 9.57. The van der Waals surface area contributed by atoms with E-state index in [2.05, 4.69) is 15.3 Å². The van der Waals surface area contributed by atoms with Crippen molar-refractivity contribution >= 4 is 27.0 Å². The summed E-state index contributed by atoms with van der Waals surface area (Å²) < 4.78 is 28.6. The Morgan fingerprint density at radius 3 is 2.62 bits per heavy atom. The summed E-state index contributed by atoms with van der Waals surface area (Å²) in [5.74, 6) is -0.0850. The van der Waals surface area contributed by atoms with Gasteiger partial charge in [-0.2, -0.15) is 4.31 Å². The van der Waals surface area contributed by atoms with Crippen LogP contribution in [0.5, 0.6) is 0 Å². The highest BCUT2D eigenvalue weighted by atomic mass is 32.2. The van der Waals surface area contributed by atoms with Crippen LogP contribution in [0.25, 0.3) is 11.0 Å². The van der Waals surface area contributed by atoms with Gasteiger partial charge in [0, 0.05) is 32.3 Å². The topological polar surface area (TPSA) is 97.2 Å². The van der Waals surface area contributed by atoms with E-state index < -0.39 is 10.0 Å². The third-order valence-corrected chi connectivity index (χ3v) is 6.75. The number of amides is 1. The molecule has 3 rings (SSSR count). The van der Waals surface area contributed by atoms with Crippen molar-refractivity contribution in [3.8, 4) is 0 Å². The van der Waals surface area contributed by atoms with Crippen molar-refractivity contribution < 1.29 is 13.2 Å². The van der Waals surface area contributed by atoms with Gasteiger partial charge in [0.25, 0.3) is 0 Å². The van der Waals surface area contributed by atoms with E-state index >= 15 is 0 Å². The van der Waals surface area contributed by atoms with E-state index in [1.807, 2.05) is 36.6 Å². The highest BCUT2D eigenvalue weighted by Gasteiger charge is 2.22. The van der Waals surface area contributed by atoms with Gasteiger partial charge in [-0.25, -0.2) is 13.4 Å². The number of imidazole rings is 1. The zero-order valence-corrected chi connectivity index (χ0v) is 17.4. The second-order valence-corrected chi connectivity index (χ2v) is 8.46. The molecule has 154 valence electrons. The summed E-state index contributed by atoms with van der Waals surface area (Å²) in [5.41, 5.74) is 2.18. The summed E-state index contributed by atoms with van der Waals surface area (Å²) in [6, 6.07) is 10.5.